The number of carbonyl (C=O) groups excluding carboxylic acids is 1. The van der Waals surface area contributed by atoms with Crippen molar-refractivity contribution in [2.24, 2.45) is 7.05 Å². The van der Waals surface area contributed by atoms with Gasteiger partial charge in [-0.15, -0.1) is 10.2 Å². The van der Waals surface area contributed by atoms with E-state index in [0.29, 0.717) is 0 Å². The van der Waals surface area contributed by atoms with Crippen LogP contribution in [-0.4, -0.2) is 44.5 Å². The smallest absolute Gasteiger partial charge is 0.263 e. The van der Waals surface area contributed by atoms with E-state index in [1.807, 2.05) is 54.8 Å². The first kappa shape index (κ1) is 18.8. The molecule has 6 nitrogen and oxygen atoms in total. The van der Waals surface area contributed by atoms with Crippen molar-refractivity contribution in [2.45, 2.75) is 50.9 Å². The Balaban J connectivity index is 1.74. The van der Waals surface area contributed by atoms with Gasteiger partial charge in [0.05, 0.1) is 6.04 Å². The van der Waals surface area contributed by atoms with E-state index in [2.05, 4.69) is 17.1 Å². The van der Waals surface area contributed by atoms with Crippen molar-refractivity contribution in [3.63, 3.8) is 0 Å². The van der Waals surface area contributed by atoms with Gasteiger partial charge in [-0.2, -0.15) is 0 Å². The summed E-state index contributed by atoms with van der Waals surface area (Å²) < 4.78 is 7.91. The van der Waals surface area contributed by atoms with Crippen LogP contribution in [0.2, 0.25) is 0 Å². The maximum atomic E-state index is 13.0. The molecule has 0 N–H and O–H groups in total. The minimum absolute atomic E-state index is 0.000528. The summed E-state index contributed by atoms with van der Waals surface area (Å²) >= 11 is 1.56. The van der Waals surface area contributed by atoms with Crippen LogP contribution in [0, 0.1) is 13.8 Å². The van der Waals surface area contributed by atoms with E-state index < -0.39 is 6.10 Å². The molecule has 2 atom stereocenters. The number of aromatic nitrogens is 3. The van der Waals surface area contributed by atoms with Gasteiger partial charge in [-0.05, 0) is 63.1 Å². The topological polar surface area (TPSA) is 60.3 Å². The van der Waals surface area contributed by atoms with Gasteiger partial charge >= 0.3 is 0 Å². The number of amides is 1. The van der Waals surface area contributed by atoms with Crippen LogP contribution >= 0.6 is 11.8 Å². The molecule has 1 saturated heterocycles. The number of hydrogen-bond acceptors (Lipinski definition) is 5. The molecule has 26 heavy (non-hydrogen) atoms. The fourth-order valence-electron chi connectivity index (χ4n) is 3.37. The number of nitrogens with zero attached hydrogens (tertiary/aromatic N) is 4. The normalized spacial score (nSPS) is 18.2. The summed E-state index contributed by atoms with van der Waals surface area (Å²) in [5, 5.41) is 9.39. The van der Waals surface area contributed by atoms with Gasteiger partial charge in [-0.1, -0.05) is 17.8 Å². The van der Waals surface area contributed by atoms with Crippen LogP contribution in [-0.2, 0) is 11.8 Å². The summed E-state index contributed by atoms with van der Waals surface area (Å²) in [6.45, 7) is 6.65. The number of hydrogen-bond donors (Lipinski definition) is 0. The molecule has 140 valence electrons. The molecule has 3 rings (SSSR count). The molecule has 1 fully saturated rings. The first-order chi connectivity index (χ1) is 12.4. The molecule has 1 amide bonds. The minimum atomic E-state index is -0.536. The SMILES string of the molecule is CSc1nnc([C@H]2CCCN2C(=O)[C@@H](C)Oc2ccc(C)c(C)c2)n1C. The molecule has 7 heteroatoms. The van der Waals surface area contributed by atoms with Gasteiger partial charge in [-0.25, -0.2) is 0 Å². The Morgan fingerprint density at radius 2 is 2.08 bits per heavy atom. The Bertz CT molecular complexity index is 805. The number of aryl methyl sites for hydroxylation is 2. The monoisotopic (exact) mass is 374 g/mol. The Morgan fingerprint density at radius 3 is 2.73 bits per heavy atom. The number of benzene rings is 1. The zero-order valence-corrected chi connectivity index (χ0v) is 16.8. The second-order valence-electron chi connectivity index (χ2n) is 6.80. The maximum absolute atomic E-state index is 13.0. The molecule has 0 spiro atoms. The molecule has 0 saturated carbocycles. The Kier molecular flexibility index (Phi) is 5.55. The lowest BCUT2D eigenvalue weighted by atomic mass is 10.1. The van der Waals surface area contributed by atoms with Crippen LogP contribution in [0.15, 0.2) is 23.4 Å². The van der Waals surface area contributed by atoms with Gasteiger partial charge < -0.3 is 14.2 Å². The van der Waals surface area contributed by atoms with E-state index in [1.54, 1.807) is 11.8 Å². The molecule has 2 aromatic rings. The van der Waals surface area contributed by atoms with E-state index in [9.17, 15) is 4.79 Å². The molecular formula is C19H26N4O2S. The molecule has 1 aliphatic rings. The number of carbonyl (C=O) groups is 1. The van der Waals surface area contributed by atoms with Crippen LogP contribution in [0.1, 0.15) is 42.8 Å². The third-order valence-corrected chi connectivity index (χ3v) is 5.74. The van der Waals surface area contributed by atoms with Gasteiger partial charge in [-0.3, -0.25) is 4.79 Å². The second-order valence-corrected chi connectivity index (χ2v) is 7.57. The van der Waals surface area contributed by atoms with Crippen molar-refractivity contribution in [3.8, 4) is 5.75 Å². The lowest BCUT2D eigenvalue weighted by molar-refractivity contribution is -0.139. The number of rotatable bonds is 5. The minimum Gasteiger partial charge on any atom is -0.481 e. The van der Waals surface area contributed by atoms with Crippen molar-refractivity contribution in [3.05, 3.63) is 35.2 Å². The van der Waals surface area contributed by atoms with Gasteiger partial charge in [0.15, 0.2) is 17.1 Å². The molecule has 1 aromatic carbocycles. The number of ether oxygens (including phenoxy) is 1. The molecule has 1 aliphatic heterocycles. The van der Waals surface area contributed by atoms with E-state index >= 15 is 0 Å². The summed E-state index contributed by atoms with van der Waals surface area (Å²) in [6.07, 6.45) is 3.31. The van der Waals surface area contributed by atoms with Gasteiger partial charge in [0.25, 0.3) is 5.91 Å². The zero-order chi connectivity index (χ0) is 18.8. The van der Waals surface area contributed by atoms with Gasteiger partial charge in [0, 0.05) is 13.6 Å². The lowest BCUT2D eigenvalue weighted by Crippen LogP contribution is -2.40. The Hall–Kier alpha value is -2.02. The van der Waals surface area contributed by atoms with E-state index in [0.717, 1.165) is 41.7 Å². The Morgan fingerprint density at radius 1 is 1.31 bits per heavy atom. The molecule has 0 radical (unpaired) electrons. The van der Waals surface area contributed by atoms with Crippen LogP contribution in [0.3, 0.4) is 0 Å². The van der Waals surface area contributed by atoms with Crippen LogP contribution in [0.4, 0.5) is 0 Å². The lowest BCUT2D eigenvalue weighted by Gasteiger charge is -2.27. The first-order valence-corrected chi connectivity index (χ1v) is 10.1. The third-order valence-electron chi connectivity index (χ3n) is 5.02. The quantitative estimate of drug-likeness (QED) is 0.752. The summed E-state index contributed by atoms with van der Waals surface area (Å²) in [5.74, 6) is 1.58. The van der Waals surface area contributed by atoms with Crippen molar-refractivity contribution in [2.75, 3.05) is 12.8 Å². The first-order valence-electron chi connectivity index (χ1n) is 8.90. The van der Waals surface area contributed by atoms with Crippen LogP contribution in [0.25, 0.3) is 0 Å². The highest BCUT2D eigenvalue weighted by Crippen LogP contribution is 2.32. The van der Waals surface area contributed by atoms with E-state index in [1.165, 1.54) is 5.56 Å². The molecule has 0 bridgehead atoms. The van der Waals surface area contributed by atoms with E-state index in [4.69, 9.17) is 4.74 Å². The highest BCUT2D eigenvalue weighted by molar-refractivity contribution is 7.98. The number of likely N-dealkylation sites (tertiary alicyclic amines) is 1. The standard InChI is InChI=1S/C19H26N4O2S/c1-12-8-9-15(11-13(12)2)25-14(3)18(24)23-10-6-7-16(23)17-20-21-19(26-5)22(17)4/h8-9,11,14,16H,6-7,10H2,1-5H3/t14-,16-/m1/s1. The largest absolute Gasteiger partial charge is 0.481 e. The fraction of sp³-hybridized carbons (Fsp3) is 0.526. The summed E-state index contributed by atoms with van der Waals surface area (Å²) in [6, 6.07) is 5.88. The number of thioether (sulfide) groups is 1. The maximum Gasteiger partial charge on any atom is 0.263 e. The molecular weight excluding hydrogens is 348 g/mol. The van der Waals surface area contributed by atoms with Crippen molar-refractivity contribution >= 4 is 17.7 Å². The summed E-state index contributed by atoms with van der Waals surface area (Å²) in [5.41, 5.74) is 2.37. The predicted molar refractivity (Wildman–Crippen MR) is 102 cm³/mol. The highest BCUT2D eigenvalue weighted by atomic mass is 32.2. The third kappa shape index (κ3) is 3.58. The average molecular weight is 375 g/mol. The van der Waals surface area contributed by atoms with Crippen molar-refractivity contribution < 1.29 is 9.53 Å². The fourth-order valence-corrected chi connectivity index (χ4v) is 3.86. The van der Waals surface area contributed by atoms with Crippen LogP contribution < -0.4 is 4.74 Å². The zero-order valence-electron chi connectivity index (χ0n) is 16.0. The molecule has 0 aliphatic carbocycles. The molecule has 1 aromatic heterocycles. The average Bonchev–Trinajstić information content (AvgIpc) is 3.23. The second kappa shape index (κ2) is 7.70. The molecule has 2 heterocycles. The van der Waals surface area contributed by atoms with Gasteiger partial charge in [0.2, 0.25) is 0 Å². The molecule has 0 unspecified atom stereocenters. The highest BCUT2D eigenvalue weighted by Gasteiger charge is 2.36. The Labute approximate surface area is 158 Å². The van der Waals surface area contributed by atoms with Crippen molar-refractivity contribution in [1.29, 1.82) is 0 Å². The van der Waals surface area contributed by atoms with Crippen molar-refractivity contribution in [1.82, 2.24) is 19.7 Å². The summed E-state index contributed by atoms with van der Waals surface area (Å²) in [4.78, 5) is 14.9. The van der Waals surface area contributed by atoms with Crippen LogP contribution in [0.5, 0.6) is 5.75 Å². The van der Waals surface area contributed by atoms with Gasteiger partial charge in [0.1, 0.15) is 5.75 Å². The predicted octanol–water partition coefficient (Wildman–Crippen LogP) is 3.28. The summed E-state index contributed by atoms with van der Waals surface area (Å²) in [7, 11) is 1.96. The van der Waals surface area contributed by atoms with E-state index in [-0.39, 0.29) is 11.9 Å².